The summed E-state index contributed by atoms with van der Waals surface area (Å²) in [4.78, 5) is 27.7. The predicted octanol–water partition coefficient (Wildman–Crippen LogP) is 1.96. The zero-order valence-electron chi connectivity index (χ0n) is 14.3. The Kier molecular flexibility index (Phi) is 5.60. The van der Waals surface area contributed by atoms with Crippen LogP contribution in [0.3, 0.4) is 0 Å². The summed E-state index contributed by atoms with van der Waals surface area (Å²) in [5.74, 6) is 0.876. The monoisotopic (exact) mass is 319 g/mol. The van der Waals surface area contributed by atoms with Gasteiger partial charge >= 0.3 is 0 Å². The molecular formula is C17H25N3O3. The lowest BCUT2D eigenvalue weighted by Gasteiger charge is -2.30. The van der Waals surface area contributed by atoms with Crippen LogP contribution in [0.1, 0.15) is 20.3 Å². The van der Waals surface area contributed by atoms with E-state index in [1.54, 1.807) is 11.0 Å². The maximum Gasteiger partial charge on any atom is 0.265 e. The van der Waals surface area contributed by atoms with Gasteiger partial charge in [0.25, 0.3) is 5.91 Å². The van der Waals surface area contributed by atoms with Crippen molar-refractivity contribution in [2.75, 3.05) is 44.0 Å². The van der Waals surface area contributed by atoms with E-state index in [0.29, 0.717) is 30.3 Å². The highest BCUT2D eigenvalue weighted by Gasteiger charge is 2.25. The Balaban J connectivity index is 2.13. The molecule has 6 heteroatoms. The summed E-state index contributed by atoms with van der Waals surface area (Å²) in [5.41, 5.74) is 1.45. The van der Waals surface area contributed by atoms with Crippen LogP contribution in [0.15, 0.2) is 18.2 Å². The number of hydrogen-bond acceptors (Lipinski definition) is 4. The highest BCUT2D eigenvalue weighted by Crippen LogP contribution is 2.34. The first-order valence-electron chi connectivity index (χ1n) is 7.88. The predicted molar refractivity (Wildman–Crippen MR) is 90.9 cm³/mol. The molecule has 0 aliphatic carbocycles. The standard InChI is InChI=1S/C17H25N3O3/c1-12(2)9-16(21)18-13-5-6-14-15(10-13)23-11-17(22)20(14)8-7-19(3)4/h5-6,10,12H,7-9,11H2,1-4H3,(H,18,21). The molecule has 0 spiro atoms. The normalized spacial score (nSPS) is 14.0. The van der Waals surface area contributed by atoms with E-state index in [2.05, 4.69) is 5.32 Å². The molecule has 0 fully saturated rings. The van der Waals surface area contributed by atoms with Crippen molar-refractivity contribution in [3.63, 3.8) is 0 Å². The van der Waals surface area contributed by atoms with E-state index in [-0.39, 0.29) is 18.4 Å². The molecule has 2 rings (SSSR count). The van der Waals surface area contributed by atoms with E-state index >= 15 is 0 Å². The second-order valence-electron chi connectivity index (χ2n) is 6.47. The van der Waals surface area contributed by atoms with Crippen molar-refractivity contribution in [2.24, 2.45) is 5.92 Å². The molecule has 0 atom stereocenters. The number of ether oxygens (including phenoxy) is 1. The van der Waals surface area contributed by atoms with Gasteiger partial charge in [0, 0.05) is 31.3 Å². The third kappa shape index (κ3) is 4.69. The molecule has 1 N–H and O–H groups in total. The highest BCUT2D eigenvalue weighted by atomic mass is 16.5. The smallest absolute Gasteiger partial charge is 0.265 e. The molecule has 0 saturated heterocycles. The molecule has 0 unspecified atom stereocenters. The Morgan fingerprint density at radius 3 is 2.78 bits per heavy atom. The van der Waals surface area contributed by atoms with Gasteiger partial charge < -0.3 is 19.9 Å². The van der Waals surface area contributed by atoms with Gasteiger partial charge in [0.1, 0.15) is 5.75 Å². The molecule has 23 heavy (non-hydrogen) atoms. The van der Waals surface area contributed by atoms with Crippen LogP contribution in [-0.2, 0) is 9.59 Å². The fraction of sp³-hybridized carbons (Fsp3) is 0.529. The Bertz CT molecular complexity index is 584. The molecule has 1 aliphatic heterocycles. The maximum atomic E-state index is 12.1. The first-order valence-corrected chi connectivity index (χ1v) is 7.88. The zero-order chi connectivity index (χ0) is 17.0. The van der Waals surface area contributed by atoms with Crippen LogP contribution in [0.5, 0.6) is 5.75 Å². The van der Waals surface area contributed by atoms with Crippen molar-refractivity contribution in [1.82, 2.24) is 4.90 Å². The van der Waals surface area contributed by atoms with Gasteiger partial charge in [0.2, 0.25) is 5.91 Å². The average Bonchev–Trinajstić information content (AvgIpc) is 2.45. The van der Waals surface area contributed by atoms with E-state index in [4.69, 9.17) is 4.74 Å². The van der Waals surface area contributed by atoms with Crippen molar-refractivity contribution < 1.29 is 14.3 Å². The third-order valence-corrected chi connectivity index (χ3v) is 3.55. The number of nitrogens with one attached hydrogen (secondary N) is 1. The third-order valence-electron chi connectivity index (χ3n) is 3.55. The van der Waals surface area contributed by atoms with Crippen LogP contribution in [0, 0.1) is 5.92 Å². The molecule has 1 aromatic carbocycles. The Hall–Kier alpha value is -2.08. The minimum Gasteiger partial charge on any atom is -0.481 e. The molecule has 0 bridgehead atoms. The number of amides is 2. The summed E-state index contributed by atoms with van der Waals surface area (Å²) in [5, 5.41) is 2.87. The lowest BCUT2D eigenvalue weighted by molar-refractivity contribution is -0.121. The van der Waals surface area contributed by atoms with Gasteiger partial charge in [-0.1, -0.05) is 13.8 Å². The molecule has 0 saturated carbocycles. The second kappa shape index (κ2) is 7.46. The minimum absolute atomic E-state index is 0.0173. The number of rotatable bonds is 6. The van der Waals surface area contributed by atoms with Crippen molar-refractivity contribution in [3.8, 4) is 5.75 Å². The Labute approximate surface area is 137 Å². The van der Waals surface area contributed by atoms with Gasteiger partial charge in [-0.25, -0.2) is 0 Å². The van der Waals surface area contributed by atoms with Gasteiger partial charge in [0.15, 0.2) is 6.61 Å². The van der Waals surface area contributed by atoms with Crippen LogP contribution < -0.4 is 15.0 Å². The maximum absolute atomic E-state index is 12.1. The van der Waals surface area contributed by atoms with Gasteiger partial charge in [-0.15, -0.1) is 0 Å². The van der Waals surface area contributed by atoms with Crippen molar-refractivity contribution in [1.29, 1.82) is 0 Å². The SMILES string of the molecule is CC(C)CC(=O)Nc1ccc2c(c1)OCC(=O)N2CCN(C)C. The number of benzene rings is 1. The van der Waals surface area contributed by atoms with Crippen molar-refractivity contribution in [3.05, 3.63) is 18.2 Å². The van der Waals surface area contributed by atoms with E-state index < -0.39 is 0 Å². The molecule has 1 aliphatic rings. The number of carbonyl (C=O) groups excluding carboxylic acids is 2. The van der Waals surface area contributed by atoms with Gasteiger partial charge in [-0.05, 0) is 32.1 Å². The first kappa shape index (κ1) is 17.3. The number of anilines is 2. The van der Waals surface area contributed by atoms with Crippen LogP contribution in [-0.4, -0.2) is 50.5 Å². The summed E-state index contributed by atoms with van der Waals surface area (Å²) in [6.45, 7) is 5.43. The van der Waals surface area contributed by atoms with Crippen molar-refractivity contribution >= 4 is 23.2 Å². The molecule has 1 heterocycles. The summed E-state index contributed by atoms with van der Waals surface area (Å²) >= 11 is 0. The summed E-state index contributed by atoms with van der Waals surface area (Å²) < 4.78 is 5.52. The fourth-order valence-electron chi connectivity index (χ4n) is 2.41. The quantitative estimate of drug-likeness (QED) is 0.871. The van der Waals surface area contributed by atoms with Crippen LogP contribution in [0.2, 0.25) is 0 Å². The molecule has 0 aromatic heterocycles. The second-order valence-corrected chi connectivity index (χ2v) is 6.47. The Morgan fingerprint density at radius 1 is 1.39 bits per heavy atom. The van der Waals surface area contributed by atoms with Crippen molar-refractivity contribution in [2.45, 2.75) is 20.3 Å². The molecule has 6 nitrogen and oxygen atoms in total. The van der Waals surface area contributed by atoms with E-state index in [0.717, 1.165) is 12.2 Å². The summed E-state index contributed by atoms with van der Waals surface area (Å²) in [6, 6.07) is 5.41. The fourth-order valence-corrected chi connectivity index (χ4v) is 2.41. The van der Waals surface area contributed by atoms with Gasteiger partial charge in [0.05, 0.1) is 5.69 Å². The average molecular weight is 319 g/mol. The topological polar surface area (TPSA) is 61.9 Å². The molecule has 0 radical (unpaired) electrons. The van der Waals surface area contributed by atoms with Gasteiger partial charge in [-0.2, -0.15) is 0 Å². The highest BCUT2D eigenvalue weighted by molar-refractivity contribution is 5.99. The number of likely N-dealkylation sites (N-methyl/N-ethyl adjacent to an activating group) is 1. The lowest BCUT2D eigenvalue weighted by Crippen LogP contribution is -2.42. The lowest BCUT2D eigenvalue weighted by atomic mass is 10.1. The molecule has 2 amide bonds. The van der Waals surface area contributed by atoms with Gasteiger partial charge in [-0.3, -0.25) is 9.59 Å². The molecular weight excluding hydrogens is 294 g/mol. The summed E-state index contributed by atoms with van der Waals surface area (Å²) in [6.07, 6.45) is 0.478. The number of hydrogen-bond donors (Lipinski definition) is 1. The minimum atomic E-state index is -0.0454. The molecule has 1 aromatic rings. The van der Waals surface area contributed by atoms with E-state index in [1.165, 1.54) is 0 Å². The number of carbonyl (C=O) groups is 2. The van der Waals surface area contributed by atoms with Crippen LogP contribution in [0.25, 0.3) is 0 Å². The van der Waals surface area contributed by atoms with Crippen LogP contribution in [0.4, 0.5) is 11.4 Å². The van der Waals surface area contributed by atoms with E-state index in [9.17, 15) is 9.59 Å². The van der Waals surface area contributed by atoms with Crippen LogP contribution >= 0.6 is 0 Å². The molecule has 126 valence electrons. The zero-order valence-corrected chi connectivity index (χ0v) is 14.3. The Morgan fingerprint density at radius 2 is 2.13 bits per heavy atom. The number of fused-ring (bicyclic) bond motifs is 1. The number of nitrogens with zero attached hydrogens (tertiary/aromatic N) is 2. The van der Waals surface area contributed by atoms with E-state index in [1.807, 2.05) is 45.0 Å². The first-order chi connectivity index (χ1) is 10.9. The summed E-state index contributed by atoms with van der Waals surface area (Å²) in [7, 11) is 3.94. The largest absolute Gasteiger partial charge is 0.481 e.